The maximum absolute atomic E-state index is 11.5. The van der Waals surface area contributed by atoms with Crippen LogP contribution in [0.4, 0.5) is 0 Å². The normalized spacial score (nSPS) is 11.1. The monoisotopic (exact) mass is 183 g/mol. The summed E-state index contributed by atoms with van der Waals surface area (Å²) in [5, 5.41) is 13.6. The number of hydrogen-bond donors (Lipinski definition) is 0. The Bertz CT molecular complexity index is 571. The first-order chi connectivity index (χ1) is 6.86. The Balaban J connectivity index is 2.57. The van der Waals surface area contributed by atoms with E-state index in [-0.39, 0.29) is 0 Å². The highest BCUT2D eigenvalue weighted by molar-refractivity contribution is 5.99. The van der Waals surface area contributed by atoms with Crippen molar-refractivity contribution in [2.75, 3.05) is 0 Å². The Labute approximate surface area is 80.5 Å². The minimum absolute atomic E-state index is 0.656. The van der Waals surface area contributed by atoms with E-state index in [9.17, 15) is 5.21 Å². The highest BCUT2D eigenvalue weighted by Gasteiger charge is 2.10. The summed E-state index contributed by atoms with van der Waals surface area (Å²) in [6, 6.07) is 9.73. The Morgan fingerprint density at radius 1 is 1.21 bits per heavy atom. The summed E-state index contributed by atoms with van der Waals surface area (Å²) in [5.74, 6) is 0. The van der Waals surface area contributed by atoms with Crippen molar-refractivity contribution in [3.8, 4) is 11.4 Å². The van der Waals surface area contributed by atoms with Gasteiger partial charge < -0.3 is 9.94 Å². The van der Waals surface area contributed by atoms with E-state index in [1.807, 2.05) is 30.3 Å². The first-order valence-electron chi connectivity index (χ1n) is 4.38. The molecule has 3 nitrogen and oxygen atoms in total. The summed E-state index contributed by atoms with van der Waals surface area (Å²) < 4.78 is 0.866. The van der Waals surface area contributed by atoms with Crippen molar-refractivity contribution in [1.82, 2.24) is 9.71 Å². The van der Waals surface area contributed by atoms with Crippen LogP contribution in [0.3, 0.4) is 0 Å². The van der Waals surface area contributed by atoms with E-state index in [2.05, 4.69) is 4.98 Å². The van der Waals surface area contributed by atoms with Gasteiger partial charge in [0.25, 0.3) is 0 Å². The fourth-order valence-corrected chi connectivity index (χ4v) is 1.77. The molecule has 14 heavy (non-hydrogen) atoms. The van der Waals surface area contributed by atoms with Crippen LogP contribution in [0.5, 0.6) is 0 Å². The third kappa shape index (κ3) is 0.836. The first-order valence-corrected chi connectivity index (χ1v) is 4.38. The first kappa shape index (κ1) is 7.38. The van der Waals surface area contributed by atoms with Crippen LogP contribution in [0, 0.1) is 5.21 Å². The van der Waals surface area contributed by atoms with Crippen molar-refractivity contribution >= 4 is 10.8 Å². The molecule has 0 N–H and O–H groups in total. The summed E-state index contributed by atoms with van der Waals surface area (Å²) >= 11 is 0. The molecule has 2 aliphatic rings. The van der Waals surface area contributed by atoms with Crippen molar-refractivity contribution in [2.45, 2.75) is 0 Å². The van der Waals surface area contributed by atoms with Gasteiger partial charge in [0, 0.05) is 17.8 Å². The molecule has 3 rings (SSSR count). The second-order valence-electron chi connectivity index (χ2n) is 3.22. The zero-order valence-corrected chi connectivity index (χ0v) is 7.34. The van der Waals surface area contributed by atoms with Crippen LogP contribution in [0.15, 0.2) is 42.7 Å². The average molecular weight is 183 g/mol. The zero-order chi connectivity index (χ0) is 9.54. The minimum Gasteiger partial charge on any atom is -0.805 e. The van der Waals surface area contributed by atoms with Gasteiger partial charge in [-0.3, -0.25) is 4.98 Å². The van der Waals surface area contributed by atoms with Gasteiger partial charge in [0.15, 0.2) is 0 Å². The van der Waals surface area contributed by atoms with E-state index in [0.29, 0.717) is 5.69 Å². The van der Waals surface area contributed by atoms with Gasteiger partial charge in [-0.1, -0.05) is 24.3 Å². The lowest BCUT2D eigenvalue weighted by atomic mass is 10.2. The molecule has 1 aromatic carbocycles. The Kier molecular flexibility index (Phi) is 1.31. The molecule has 0 saturated heterocycles. The van der Waals surface area contributed by atoms with Gasteiger partial charge in [0.05, 0.1) is 11.4 Å². The maximum atomic E-state index is 11.5. The molecule has 68 valence electrons. The predicted octanol–water partition coefficient (Wildman–Crippen LogP) is 2.49. The molecule has 1 aromatic rings. The average Bonchev–Trinajstić information content (AvgIpc) is 2.57. The fourth-order valence-electron chi connectivity index (χ4n) is 1.77. The molecule has 0 fully saturated rings. The number of rotatable bonds is 0. The highest BCUT2D eigenvalue weighted by atomic mass is 16.5. The third-order valence-corrected chi connectivity index (χ3v) is 2.39. The molecule has 0 unspecified atom stereocenters. The molecule has 1 heterocycles. The molecule has 1 aliphatic heterocycles. The lowest BCUT2D eigenvalue weighted by Crippen LogP contribution is -1.94. The lowest BCUT2D eigenvalue weighted by molar-refractivity contribution is 1.04. The molecular formula is C11H7N2O-. The Morgan fingerprint density at radius 2 is 2.07 bits per heavy atom. The summed E-state index contributed by atoms with van der Waals surface area (Å²) in [5.41, 5.74) is 1.41. The molecule has 0 amide bonds. The van der Waals surface area contributed by atoms with Crippen molar-refractivity contribution < 1.29 is 0 Å². The van der Waals surface area contributed by atoms with Crippen LogP contribution in [0.25, 0.3) is 22.2 Å². The number of benzene rings is 1. The van der Waals surface area contributed by atoms with E-state index in [4.69, 9.17) is 0 Å². The molecule has 0 aromatic heterocycles. The SMILES string of the molecule is [O-]n1ccnc2cc3ccccc3c1-2. The van der Waals surface area contributed by atoms with Crippen LogP contribution in [-0.2, 0) is 0 Å². The van der Waals surface area contributed by atoms with Crippen molar-refractivity contribution in [1.29, 1.82) is 0 Å². The van der Waals surface area contributed by atoms with Crippen molar-refractivity contribution in [3.63, 3.8) is 0 Å². The number of nitrogens with zero attached hydrogens (tertiary/aromatic N) is 2. The second kappa shape index (κ2) is 2.48. The molecular weight excluding hydrogens is 176 g/mol. The van der Waals surface area contributed by atoms with Crippen molar-refractivity contribution in [3.05, 3.63) is 47.9 Å². The summed E-state index contributed by atoms with van der Waals surface area (Å²) in [7, 11) is 0. The number of fused-ring (bicyclic) bond motifs is 3. The second-order valence-corrected chi connectivity index (χ2v) is 3.22. The minimum atomic E-state index is 0.656. The zero-order valence-electron chi connectivity index (χ0n) is 7.34. The van der Waals surface area contributed by atoms with E-state index < -0.39 is 0 Å². The van der Waals surface area contributed by atoms with Crippen molar-refractivity contribution in [2.24, 2.45) is 0 Å². The molecule has 0 saturated carbocycles. The van der Waals surface area contributed by atoms with Gasteiger partial charge in [-0.15, -0.1) is 0 Å². The lowest BCUT2D eigenvalue weighted by Gasteiger charge is -2.15. The van der Waals surface area contributed by atoms with Crippen LogP contribution in [-0.4, -0.2) is 9.71 Å². The number of hydrogen-bond acceptors (Lipinski definition) is 2. The van der Waals surface area contributed by atoms with Crippen LogP contribution in [0.2, 0.25) is 0 Å². The topological polar surface area (TPSA) is 40.9 Å². The molecule has 0 bridgehead atoms. The van der Waals surface area contributed by atoms with E-state index in [0.717, 1.165) is 21.2 Å². The van der Waals surface area contributed by atoms with Gasteiger partial charge >= 0.3 is 0 Å². The summed E-state index contributed by atoms with van der Waals surface area (Å²) in [6.45, 7) is 0. The van der Waals surface area contributed by atoms with Crippen LogP contribution < -0.4 is 0 Å². The molecule has 0 spiro atoms. The molecule has 3 heteroatoms. The summed E-state index contributed by atoms with van der Waals surface area (Å²) in [6.07, 6.45) is 2.95. The Hall–Kier alpha value is -2.03. The van der Waals surface area contributed by atoms with Gasteiger partial charge in [0.2, 0.25) is 0 Å². The summed E-state index contributed by atoms with van der Waals surface area (Å²) in [4.78, 5) is 4.16. The Morgan fingerprint density at radius 3 is 3.00 bits per heavy atom. The fraction of sp³-hybridized carbons (Fsp3) is 0. The van der Waals surface area contributed by atoms with Gasteiger partial charge in [-0.25, -0.2) is 0 Å². The highest BCUT2D eigenvalue weighted by Crippen LogP contribution is 2.31. The van der Waals surface area contributed by atoms with Gasteiger partial charge in [0.1, 0.15) is 0 Å². The van der Waals surface area contributed by atoms with E-state index in [1.165, 1.54) is 12.4 Å². The van der Waals surface area contributed by atoms with Crippen LogP contribution >= 0.6 is 0 Å². The largest absolute Gasteiger partial charge is 0.805 e. The molecule has 1 aliphatic carbocycles. The standard InChI is InChI=1S/C11H7N2O/c14-13-6-5-12-10-7-8-3-1-2-4-9(8)11(10)13/h1-7H/q-1. The number of aromatic nitrogens is 2. The maximum Gasteiger partial charge on any atom is 0.0876 e. The molecule has 0 atom stereocenters. The predicted molar refractivity (Wildman–Crippen MR) is 55.1 cm³/mol. The van der Waals surface area contributed by atoms with Gasteiger partial charge in [-0.05, 0) is 11.5 Å². The molecule has 0 radical (unpaired) electrons. The van der Waals surface area contributed by atoms with E-state index in [1.54, 1.807) is 0 Å². The quantitative estimate of drug-likeness (QED) is 0.537. The van der Waals surface area contributed by atoms with Crippen LogP contribution in [0.1, 0.15) is 0 Å². The smallest absolute Gasteiger partial charge is 0.0876 e. The van der Waals surface area contributed by atoms with E-state index >= 15 is 0 Å². The third-order valence-electron chi connectivity index (χ3n) is 2.39. The van der Waals surface area contributed by atoms with Gasteiger partial charge in [-0.2, -0.15) is 0 Å².